The number of hydrogen-bond acceptors (Lipinski definition) is 4. The second-order valence-electron chi connectivity index (χ2n) is 4.27. The Labute approximate surface area is 115 Å². The fourth-order valence-corrected chi connectivity index (χ4v) is 2.52. The van der Waals surface area contributed by atoms with Crippen LogP contribution in [-0.2, 0) is 14.8 Å². The smallest absolute Gasteiger partial charge is 0.235 e. The fourth-order valence-electron chi connectivity index (χ4n) is 1.77. The summed E-state index contributed by atoms with van der Waals surface area (Å²) in [6.45, 7) is 3.20. The van der Waals surface area contributed by atoms with Gasteiger partial charge in [-0.1, -0.05) is 0 Å². The van der Waals surface area contributed by atoms with Gasteiger partial charge in [0.05, 0.1) is 12.3 Å². The van der Waals surface area contributed by atoms with Crippen molar-refractivity contribution in [2.24, 2.45) is 0 Å². The van der Waals surface area contributed by atoms with Gasteiger partial charge in [-0.3, -0.25) is 4.79 Å². The van der Waals surface area contributed by atoms with E-state index in [-0.39, 0.29) is 36.7 Å². The Bertz CT molecular complexity index is 355. The molecule has 0 aromatic carbocycles. The molecule has 0 saturated carbocycles. The molecule has 1 amide bonds. The molecule has 0 aromatic heterocycles. The number of carbonyl (C=O) groups excluding carboxylic acids is 1. The monoisotopic (exact) mass is 299 g/mol. The van der Waals surface area contributed by atoms with E-state index < -0.39 is 10.0 Å². The second kappa shape index (κ2) is 7.93. The molecular weight excluding hydrogens is 278 g/mol. The van der Waals surface area contributed by atoms with Gasteiger partial charge in [-0.25, -0.2) is 8.42 Å². The van der Waals surface area contributed by atoms with Crippen molar-refractivity contribution in [3.8, 4) is 0 Å². The predicted molar refractivity (Wildman–Crippen MR) is 73.4 cm³/mol. The van der Waals surface area contributed by atoms with E-state index in [4.69, 9.17) is 0 Å². The molecule has 1 aliphatic heterocycles. The van der Waals surface area contributed by atoms with Crippen LogP contribution in [0, 0.1) is 0 Å². The molecule has 1 aliphatic rings. The number of halogens is 1. The molecule has 0 spiro atoms. The summed E-state index contributed by atoms with van der Waals surface area (Å²) in [5.74, 6) is -0.222. The van der Waals surface area contributed by atoms with Crippen LogP contribution in [0.2, 0.25) is 0 Å². The van der Waals surface area contributed by atoms with Crippen molar-refractivity contribution in [1.82, 2.24) is 14.9 Å². The van der Waals surface area contributed by atoms with E-state index in [0.717, 1.165) is 30.2 Å². The molecule has 1 saturated heterocycles. The van der Waals surface area contributed by atoms with Gasteiger partial charge in [0.15, 0.2) is 0 Å². The Balaban J connectivity index is 0.00000289. The summed E-state index contributed by atoms with van der Waals surface area (Å²) in [5.41, 5.74) is 0. The van der Waals surface area contributed by atoms with Gasteiger partial charge in [0, 0.05) is 19.6 Å². The van der Waals surface area contributed by atoms with Crippen molar-refractivity contribution in [1.29, 1.82) is 0 Å². The van der Waals surface area contributed by atoms with Gasteiger partial charge in [0.2, 0.25) is 15.9 Å². The van der Waals surface area contributed by atoms with Crippen molar-refractivity contribution in [3.05, 3.63) is 0 Å². The lowest BCUT2D eigenvalue weighted by atomic mass is 10.1. The number of amides is 1. The van der Waals surface area contributed by atoms with Crippen LogP contribution in [0.25, 0.3) is 0 Å². The lowest BCUT2D eigenvalue weighted by Gasteiger charge is -2.24. The number of nitrogens with one attached hydrogen (secondary N) is 2. The highest BCUT2D eigenvalue weighted by Gasteiger charge is 2.20. The number of likely N-dealkylation sites (N-methyl/N-ethyl adjacent to an activating group) is 1. The molecule has 108 valence electrons. The van der Waals surface area contributed by atoms with Gasteiger partial charge in [-0.2, -0.15) is 4.31 Å². The van der Waals surface area contributed by atoms with Gasteiger partial charge in [0.1, 0.15) is 0 Å². The molecule has 0 radical (unpaired) electrons. The molecule has 1 rings (SSSR count). The first kappa shape index (κ1) is 17.6. The highest BCUT2D eigenvalue weighted by molar-refractivity contribution is 7.89. The van der Waals surface area contributed by atoms with Gasteiger partial charge < -0.3 is 10.6 Å². The Hall–Kier alpha value is -0.370. The van der Waals surface area contributed by atoms with Gasteiger partial charge in [-0.05, 0) is 26.3 Å². The van der Waals surface area contributed by atoms with Crippen LogP contribution in [0.4, 0.5) is 0 Å². The van der Waals surface area contributed by atoms with Crippen molar-refractivity contribution in [2.45, 2.75) is 25.8 Å². The minimum Gasteiger partial charge on any atom is -0.351 e. The van der Waals surface area contributed by atoms with E-state index in [1.165, 1.54) is 7.05 Å². The first-order chi connectivity index (χ1) is 7.95. The molecule has 18 heavy (non-hydrogen) atoms. The lowest BCUT2D eigenvalue weighted by Crippen LogP contribution is -2.48. The number of nitrogens with zero attached hydrogens (tertiary/aromatic N) is 1. The molecule has 0 aliphatic carbocycles. The zero-order chi connectivity index (χ0) is 12.9. The molecule has 0 unspecified atom stereocenters. The van der Waals surface area contributed by atoms with Crippen LogP contribution in [-0.4, -0.2) is 57.1 Å². The van der Waals surface area contributed by atoms with Gasteiger partial charge in [0.25, 0.3) is 0 Å². The Kier molecular flexibility index (Phi) is 7.77. The third-order valence-electron chi connectivity index (χ3n) is 2.87. The summed E-state index contributed by atoms with van der Waals surface area (Å²) < 4.78 is 24.0. The van der Waals surface area contributed by atoms with E-state index in [9.17, 15) is 13.2 Å². The van der Waals surface area contributed by atoms with E-state index in [2.05, 4.69) is 10.6 Å². The standard InChI is InChI=1S/C10H21N3O3S.ClH/c1-3-17(15,16)13(2)8-10(14)12-9-5-4-6-11-7-9;/h9,11H,3-8H2,1-2H3,(H,12,14);1H/t9-;/m0./s1. The highest BCUT2D eigenvalue weighted by Crippen LogP contribution is 2.02. The molecular formula is C10H22ClN3O3S. The summed E-state index contributed by atoms with van der Waals surface area (Å²) in [6.07, 6.45) is 1.98. The van der Waals surface area contributed by atoms with Crippen molar-refractivity contribution < 1.29 is 13.2 Å². The van der Waals surface area contributed by atoms with Crippen molar-refractivity contribution in [2.75, 3.05) is 32.4 Å². The largest absolute Gasteiger partial charge is 0.351 e. The van der Waals surface area contributed by atoms with Gasteiger partial charge >= 0.3 is 0 Å². The number of piperidine rings is 1. The average molecular weight is 300 g/mol. The third kappa shape index (κ3) is 5.51. The topological polar surface area (TPSA) is 78.5 Å². The minimum atomic E-state index is -3.28. The Morgan fingerprint density at radius 1 is 1.50 bits per heavy atom. The summed E-state index contributed by atoms with van der Waals surface area (Å²) in [4.78, 5) is 11.6. The van der Waals surface area contributed by atoms with Crippen LogP contribution < -0.4 is 10.6 Å². The molecule has 2 N–H and O–H groups in total. The van der Waals surface area contributed by atoms with Crippen LogP contribution in [0.15, 0.2) is 0 Å². The fraction of sp³-hybridized carbons (Fsp3) is 0.900. The van der Waals surface area contributed by atoms with E-state index in [0.29, 0.717) is 0 Å². The minimum absolute atomic E-state index is 0. The maximum Gasteiger partial charge on any atom is 0.235 e. The first-order valence-electron chi connectivity index (χ1n) is 5.90. The lowest BCUT2D eigenvalue weighted by molar-refractivity contribution is -0.121. The van der Waals surface area contributed by atoms with Crippen molar-refractivity contribution in [3.63, 3.8) is 0 Å². The number of carbonyl (C=O) groups is 1. The highest BCUT2D eigenvalue weighted by atomic mass is 35.5. The summed E-state index contributed by atoms with van der Waals surface area (Å²) in [7, 11) is -1.85. The molecule has 1 atom stereocenters. The molecule has 1 heterocycles. The number of rotatable bonds is 5. The molecule has 6 nitrogen and oxygen atoms in total. The zero-order valence-corrected chi connectivity index (χ0v) is 12.4. The van der Waals surface area contributed by atoms with E-state index in [1.54, 1.807) is 6.92 Å². The predicted octanol–water partition coefficient (Wildman–Crippen LogP) is -0.442. The molecule has 8 heteroatoms. The number of hydrogen-bond donors (Lipinski definition) is 2. The van der Waals surface area contributed by atoms with E-state index in [1.807, 2.05) is 0 Å². The number of sulfonamides is 1. The van der Waals surface area contributed by atoms with E-state index >= 15 is 0 Å². The summed E-state index contributed by atoms with van der Waals surface area (Å²) in [5, 5.41) is 6.03. The Morgan fingerprint density at radius 3 is 2.67 bits per heavy atom. The van der Waals surface area contributed by atoms with Crippen LogP contribution >= 0.6 is 12.4 Å². The Morgan fingerprint density at radius 2 is 2.17 bits per heavy atom. The average Bonchev–Trinajstić information content (AvgIpc) is 2.30. The van der Waals surface area contributed by atoms with Crippen LogP contribution in [0.3, 0.4) is 0 Å². The molecule has 1 fully saturated rings. The van der Waals surface area contributed by atoms with Gasteiger partial charge in [-0.15, -0.1) is 12.4 Å². The third-order valence-corrected chi connectivity index (χ3v) is 4.68. The zero-order valence-electron chi connectivity index (χ0n) is 10.8. The maximum atomic E-state index is 11.6. The summed E-state index contributed by atoms with van der Waals surface area (Å²) in [6, 6.07) is 0.119. The van der Waals surface area contributed by atoms with Crippen molar-refractivity contribution >= 4 is 28.3 Å². The SMILES string of the molecule is CCS(=O)(=O)N(C)CC(=O)N[C@H]1CCCNC1.Cl. The van der Waals surface area contributed by atoms with Crippen LogP contribution in [0.1, 0.15) is 19.8 Å². The second-order valence-corrected chi connectivity index (χ2v) is 6.63. The first-order valence-corrected chi connectivity index (χ1v) is 7.50. The maximum absolute atomic E-state index is 11.6. The van der Waals surface area contributed by atoms with Crippen LogP contribution in [0.5, 0.6) is 0 Å². The summed E-state index contributed by atoms with van der Waals surface area (Å²) >= 11 is 0. The quantitative estimate of drug-likeness (QED) is 0.721. The molecule has 0 aromatic rings. The normalized spacial score (nSPS) is 20.3. The molecule has 0 bridgehead atoms.